The molecule has 1 heterocycles. The van der Waals surface area contributed by atoms with Crippen molar-refractivity contribution >= 4 is 0 Å². The molecule has 0 unspecified atom stereocenters. The van der Waals surface area contributed by atoms with Gasteiger partial charge in [-0.3, -0.25) is 4.68 Å². The molecule has 0 radical (unpaired) electrons. The van der Waals surface area contributed by atoms with Crippen LogP contribution in [0.15, 0.2) is 6.20 Å². The Bertz CT molecular complexity index is 343. The van der Waals surface area contributed by atoms with Gasteiger partial charge in [-0.25, -0.2) is 0 Å². The lowest BCUT2D eigenvalue weighted by molar-refractivity contribution is 0.276. The van der Waals surface area contributed by atoms with Crippen LogP contribution in [0.1, 0.15) is 32.0 Å². The zero-order chi connectivity index (χ0) is 13.0. The lowest BCUT2D eigenvalue weighted by Gasteiger charge is -2.23. The molecule has 1 rings (SSSR count). The molecule has 0 amide bonds. The Balaban J connectivity index is 2.55. The van der Waals surface area contributed by atoms with Crippen molar-refractivity contribution in [1.82, 2.24) is 14.7 Å². The first-order valence-electron chi connectivity index (χ1n) is 6.41. The van der Waals surface area contributed by atoms with Gasteiger partial charge in [0.1, 0.15) is 0 Å². The maximum absolute atomic E-state index is 6.08. The lowest BCUT2D eigenvalue weighted by atomic mass is 10.1. The molecule has 2 N–H and O–H groups in total. The van der Waals surface area contributed by atoms with Crippen LogP contribution < -0.4 is 5.73 Å². The molecule has 0 aliphatic rings. The SMILES string of the molecule is CCn1cc(CN(C)C[C@@H](N)C(C)C)c(C)n1. The summed E-state index contributed by atoms with van der Waals surface area (Å²) >= 11 is 0. The minimum atomic E-state index is 0.238. The molecule has 0 saturated heterocycles. The number of rotatable bonds is 6. The second-order valence-corrected chi connectivity index (χ2v) is 5.20. The predicted octanol–water partition coefficient (Wildman–Crippen LogP) is 1.63. The van der Waals surface area contributed by atoms with E-state index in [-0.39, 0.29) is 6.04 Å². The van der Waals surface area contributed by atoms with Gasteiger partial charge in [0.2, 0.25) is 0 Å². The Morgan fingerprint density at radius 2 is 2.12 bits per heavy atom. The molecular formula is C13H26N4. The Morgan fingerprint density at radius 3 is 2.59 bits per heavy atom. The Kier molecular flexibility index (Phi) is 5.15. The molecule has 17 heavy (non-hydrogen) atoms. The van der Waals surface area contributed by atoms with Crippen molar-refractivity contribution in [2.75, 3.05) is 13.6 Å². The van der Waals surface area contributed by atoms with Gasteiger partial charge >= 0.3 is 0 Å². The van der Waals surface area contributed by atoms with Crippen molar-refractivity contribution in [3.8, 4) is 0 Å². The minimum absolute atomic E-state index is 0.238. The molecule has 98 valence electrons. The molecule has 0 fully saturated rings. The Labute approximate surface area is 105 Å². The molecule has 0 spiro atoms. The first-order valence-corrected chi connectivity index (χ1v) is 6.41. The van der Waals surface area contributed by atoms with Gasteiger partial charge in [-0.1, -0.05) is 13.8 Å². The summed E-state index contributed by atoms with van der Waals surface area (Å²) < 4.78 is 1.99. The maximum Gasteiger partial charge on any atom is 0.0638 e. The van der Waals surface area contributed by atoms with Crippen LogP contribution in [-0.2, 0) is 13.1 Å². The average Bonchev–Trinajstić information content (AvgIpc) is 2.59. The third-order valence-electron chi connectivity index (χ3n) is 3.19. The normalized spacial score (nSPS) is 13.6. The van der Waals surface area contributed by atoms with Gasteiger partial charge in [-0.15, -0.1) is 0 Å². The zero-order valence-corrected chi connectivity index (χ0v) is 11.8. The van der Waals surface area contributed by atoms with E-state index in [0.717, 1.165) is 25.3 Å². The van der Waals surface area contributed by atoms with E-state index in [1.807, 2.05) is 4.68 Å². The first kappa shape index (κ1) is 14.2. The lowest BCUT2D eigenvalue weighted by Crippen LogP contribution is -2.38. The summed E-state index contributed by atoms with van der Waals surface area (Å²) in [6.45, 7) is 11.3. The first-order chi connectivity index (χ1) is 7.93. The largest absolute Gasteiger partial charge is 0.326 e. The summed E-state index contributed by atoms with van der Waals surface area (Å²) in [7, 11) is 2.12. The molecule has 0 saturated carbocycles. The van der Waals surface area contributed by atoms with Gasteiger partial charge in [0.15, 0.2) is 0 Å². The van der Waals surface area contributed by atoms with Gasteiger partial charge in [0.25, 0.3) is 0 Å². The van der Waals surface area contributed by atoms with Crippen LogP contribution in [0.3, 0.4) is 0 Å². The van der Waals surface area contributed by atoms with Crippen LogP contribution >= 0.6 is 0 Å². The number of nitrogens with zero attached hydrogens (tertiary/aromatic N) is 3. The fourth-order valence-electron chi connectivity index (χ4n) is 1.80. The topological polar surface area (TPSA) is 47.1 Å². The van der Waals surface area contributed by atoms with E-state index in [9.17, 15) is 0 Å². The van der Waals surface area contributed by atoms with E-state index in [1.54, 1.807) is 0 Å². The summed E-state index contributed by atoms with van der Waals surface area (Å²) in [6, 6.07) is 0.238. The molecule has 4 nitrogen and oxygen atoms in total. The average molecular weight is 238 g/mol. The standard InChI is InChI=1S/C13H26N4/c1-6-17-8-12(11(4)15-17)7-16(5)9-13(14)10(2)3/h8,10,13H,6-7,9,14H2,1-5H3/t13-/m1/s1. The monoisotopic (exact) mass is 238 g/mol. The smallest absolute Gasteiger partial charge is 0.0638 e. The summed E-state index contributed by atoms with van der Waals surface area (Å²) in [6.07, 6.45) is 2.13. The highest BCUT2D eigenvalue weighted by Crippen LogP contribution is 2.09. The van der Waals surface area contributed by atoms with Gasteiger partial charge in [0.05, 0.1) is 5.69 Å². The highest BCUT2D eigenvalue weighted by molar-refractivity contribution is 5.15. The van der Waals surface area contributed by atoms with Gasteiger partial charge in [-0.2, -0.15) is 5.10 Å². The fraction of sp³-hybridized carbons (Fsp3) is 0.769. The van der Waals surface area contributed by atoms with Crippen LogP contribution in [0.25, 0.3) is 0 Å². The van der Waals surface area contributed by atoms with Crippen molar-refractivity contribution in [2.24, 2.45) is 11.7 Å². The molecule has 0 aliphatic heterocycles. The van der Waals surface area contributed by atoms with Crippen molar-refractivity contribution < 1.29 is 0 Å². The van der Waals surface area contributed by atoms with Crippen LogP contribution in [0.5, 0.6) is 0 Å². The van der Waals surface area contributed by atoms with E-state index in [0.29, 0.717) is 5.92 Å². The van der Waals surface area contributed by atoms with Crippen molar-refractivity contribution in [3.05, 3.63) is 17.5 Å². The minimum Gasteiger partial charge on any atom is -0.326 e. The Hall–Kier alpha value is -0.870. The molecule has 4 heteroatoms. The van der Waals surface area contributed by atoms with Gasteiger partial charge < -0.3 is 10.6 Å². The Morgan fingerprint density at radius 1 is 1.47 bits per heavy atom. The van der Waals surface area contributed by atoms with Crippen LogP contribution in [0, 0.1) is 12.8 Å². The van der Waals surface area contributed by atoms with E-state index in [1.165, 1.54) is 5.56 Å². The molecule has 0 aromatic carbocycles. The second kappa shape index (κ2) is 6.17. The third-order valence-corrected chi connectivity index (χ3v) is 3.19. The number of likely N-dealkylation sites (N-methyl/N-ethyl adjacent to an activating group) is 1. The zero-order valence-electron chi connectivity index (χ0n) is 11.8. The number of aromatic nitrogens is 2. The van der Waals surface area contributed by atoms with E-state index in [2.05, 4.69) is 50.9 Å². The van der Waals surface area contributed by atoms with Crippen molar-refractivity contribution in [1.29, 1.82) is 0 Å². The molecular weight excluding hydrogens is 212 g/mol. The van der Waals surface area contributed by atoms with Crippen LogP contribution in [-0.4, -0.2) is 34.3 Å². The third kappa shape index (κ3) is 4.13. The van der Waals surface area contributed by atoms with Crippen molar-refractivity contribution in [2.45, 2.75) is 46.8 Å². The quantitative estimate of drug-likeness (QED) is 0.819. The number of hydrogen-bond acceptors (Lipinski definition) is 3. The summed E-state index contributed by atoms with van der Waals surface area (Å²) in [5, 5.41) is 4.46. The number of nitrogens with two attached hydrogens (primary N) is 1. The molecule has 1 aromatic rings. The van der Waals surface area contributed by atoms with Crippen molar-refractivity contribution in [3.63, 3.8) is 0 Å². The van der Waals surface area contributed by atoms with Gasteiger partial charge in [0, 0.05) is 37.4 Å². The van der Waals surface area contributed by atoms with Gasteiger partial charge in [-0.05, 0) is 26.8 Å². The van der Waals surface area contributed by atoms with E-state index < -0.39 is 0 Å². The summed E-state index contributed by atoms with van der Waals surface area (Å²) in [4.78, 5) is 2.27. The van der Waals surface area contributed by atoms with Crippen LogP contribution in [0.2, 0.25) is 0 Å². The predicted molar refractivity (Wildman–Crippen MR) is 71.8 cm³/mol. The highest BCUT2D eigenvalue weighted by atomic mass is 15.3. The number of hydrogen-bond donors (Lipinski definition) is 1. The second-order valence-electron chi connectivity index (χ2n) is 5.20. The maximum atomic E-state index is 6.08. The summed E-state index contributed by atoms with van der Waals surface area (Å²) in [5.74, 6) is 0.525. The highest BCUT2D eigenvalue weighted by Gasteiger charge is 2.12. The number of aryl methyl sites for hydroxylation is 2. The molecule has 1 aromatic heterocycles. The fourth-order valence-corrected chi connectivity index (χ4v) is 1.80. The van der Waals surface area contributed by atoms with E-state index in [4.69, 9.17) is 5.73 Å². The molecule has 0 bridgehead atoms. The van der Waals surface area contributed by atoms with E-state index >= 15 is 0 Å². The summed E-state index contributed by atoms with van der Waals surface area (Å²) in [5.41, 5.74) is 8.50. The molecule has 1 atom stereocenters. The van der Waals surface area contributed by atoms with Crippen LogP contribution in [0.4, 0.5) is 0 Å². The molecule has 0 aliphatic carbocycles.